The molecule has 3 nitrogen and oxygen atoms in total. The Kier molecular flexibility index (Phi) is 5.22. The second-order valence-electron chi connectivity index (χ2n) is 5.76. The molecule has 0 aromatic carbocycles. The van der Waals surface area contributed by atoms with Gasteiger partial charge in [0.05, 0.1) is 4.47 Å². The number of rotatable bonds is 4. The van der Waals surface area contributed by atoms with Gasteiger partial charge in [0, 0.05) is 18.8 Å². The van der Waals surface area contributed by atoms with Crippen LogP contribution < -0.4 is 10.2 Å². The van der Waals surface area contributed by atoms with E-state index >= 15 is 0 Å². The second-order valence-corrected chi connectivity index (χ2v) is 6.61. The topological polar surface area (TPSA) is 28.2 Å². The Bertz CT molecular complexity index is 414. The molecule has 0 spiro atoms. The van der Waals surface area contributed by atoms with Gasteiger partial charge in [-0.2, -0.15) is 0 Å². The number of nitrogens with zero attached hydrogens (tertiary/aromatic N) is 2. The molecule has 0 saturated carbocycles. The second kappa shape index (κ2) is 6.71. The number of aryl methyl sites for hydroxylation is 1. The SMILES string of the molecule is Cc1cnc(N(CC2CCNCC2)C(C)C)c(Br)c1. The number of aromatic nitrogens is 1. The maximum absolute atomic E-state index is 4.63. The van der Waals surface area contributed by atoms with Crippen molar-refractivity contribution in [2.24, 2.45) is 5.92 Å². The summed E-state index contributed by atoms with van der Waals surface area (Å²) in [6.07, 6.45) is 4.50. The molecule has 0 atom stereocenters. The van der Waals surface area contributed by atoms with E-state index in [1.54, 1.807) is 0 Å². The summed E-state index contributed by atoms with van der Waals surface area (Å²) in [5, 5.41) is 3.43. The summed E-state index contributed by atoms with van der Waals surface area (Å²) in [5.74, 6) is 1.86. The van der Waals surface area contributed by atoms with E-state index in [1.165, 1.54) is 18.4 Å². The molecule has 0 amide bonds. The van der Waals surface area contributed by atoms with Crippen LogP contribution in [0.2, 0.25) is 0 Å². The van der Waals surface area contributed by atoms with Crippen LogP contribution in [0, 0.1) is 12.8 Å². The zero-order valence-corrected chi connectivity index (χ0v) is 13.7. The molecule has 0 aliphatic carbocycles. The third kappa shape index (κ3) is 3.93. The van der Waals surface area contributed by atoms with Gasteiger partial charge in [0.15, 0.2) is 0 Å². The van der Waals surface area contributed by atoms with Crippen LogP contribution in [0.5, 0.6) is 0 Å². The highest BCUT2D eigenvalue weighted by Crippen LogP contribution is 2.28. The van der Waals surface area contributed by atoms with Crippen molar-refractivity contribution in [3.8, 4) is 0 Å². The minimum atomic E-state index is 0.474. The summed E-state index contributed by atoms with van der Waals surface area (Å²) in [6.45, 7) is 9.98. The molecule has 1 saturated heterocycles. The van der Waals surface area contributed by atoms with Crippen molar-refractivity contribution < 1.29 is 0 Å². The highest BCUT2D eigenvalue weighted by molar-refractivity contribution is 9.10. The number of halogens is 1. The lowest BCUT2D eigenvalue weighted by molar-refractivity contribution is 0.367. The van der Waals surface area contributed by atoms with Gasteiger partial charge < -0.3 is 10.2 Å². The molecular formula is C15H24BrN3. The first kappa shape index (κ1) is 14.8. The molecule has 1 N–H and O–H groups in total. The van der Waals surface area contributed by atoms with Crippen LogP contribution in [-0.4, -0.2) is 30.7 Å². The van der Waals surface area contributed by atoms with Crippen molar-refractivity contribution in [2.75, 3.05) is 24.5 Å². The van der Waals surface area contributed by atoms with Gasteiger partial charge in [-0.1, -0.05) is 0 Å². The lowest BCUT2D eigenvalue weighted by Gasteiger charge is -2.34. The monoisotopic (exact) mass is 325 g/mol. The van der Waals surface area contributed by atoms with Crippen molar-refractivity contribution in [3.63, 3.8) is 0 Å². The fourth-order valence-corrected chi connectivity index (χ4v) is 3.31. The van der Waals surface area contributed by atoms with Crippen LogP contribution in [0.1, 0.15) is 32.3 Å². The third-order valence-electron chi connectivity index (χ3n) is 3.77. The number of pyridine rings is 1. The van der Waals surface area contributed by atoms with E-state index in [4.69, 9.17) is 0 Å². The molecule has 1 aromatic rings. The maximum Gasteiger partial charge on any atom is 0.143 e. The quantitative estimate of drug-likeness (QED) is 0.919. The van der Waals surface area contributed by atoms with Crippen molar-refractivity contribution in [1.29, 1.82) is 0 Å². The van der Waals surface area contributed by atoms with Crippen LogP contribution in [-0.2, 0) is 0 Å². The molecule has 1 aliphatic rings. The van der Waals surface area contributed by atoms with E-state index < -0.39 is 0 Å². The predicted octanol–water partition coefficient (Wildman–Crippen LogP) is 3.37. The number of anilines is 1. The Morgan fingerprint density at radius 3 is 2.68 bits per heavy atom. The Hall–Kier alpha value is -0.610. The zero-order valence-electron chi connectivity index (χ0n) is 12.1. The summed E-state index contributed by atoms with van der Waals surface area (Å²) >= 11 is 3.66. The normalized spacial score (nSPS) is 16.9. The highest BCUT2D eigenvalue weighted by atomic mass is 79.9. The first-order chi connectivity index (χ1) is 9.08. The lowest BCUT2D eigenvalue weighted by atomic mass is 9.97. The largest absolute Gasteiger partial charge is 0.353 e. The molecular weight excluding hydrogens is 302 g/mol. The number of piperidine rings is 1. The van der Waals surface area contributed by atoms with E-state index in [-0.39, 0.29) is 0 Å². The van der Waals surface area contributed by atoms with Gasteiger partial charge in [0.2, 0.25) is 0 Å². The van der Waals surface area contributed by atoms with Gasteiger partial charge >= 0.3 is 0 Å². The zero-order chi connectivity index (χ0) is 13.8. The first-order valence-corrected chi connectivity index (χ1v) is 7.96. The van der Waals surface area contributed by atoms with Gasteiger partial charge in [0.25, 0.3) is 0 Å². The van der Waals surface area contributed by atoms with Crippen LogP contribution >= 0.6 is 15.9 Å². The molecule has 1 aliphatic heterocycles. The van der Waals surface area contributed by atoms with E-state index in [0.717, 1.165) is 35.8 Å². The number of hydrogen-bond donors (Lipinski definition) is 1. The summed E-state index contributed by atoms with van der Waals surface area (Å²) in [7, 11) is 0. The predicted molar refractivity (Wildman–Crippen MR) is 84.7 cm³/mol. The Morgan fingerprint density at radius 1 is 1.42 bits per heavy atom. The third-order valence-corrected chi connectivity index (χ3v) is 4.35. The summed E-state index contributed by atoms with van der Waals surface area (Å²) in [6, 6.07) is 2.63. The molecule has 1 aromatic heterocycles. The molecule has 0 bridgehead atoms. The number of nitrogens with one attached hydrogen (secondary N) is 1. The summed E-state index contributed by atoms with van der Waals surface area (Å²) < 4.78 is 1.11. The Balaban J connectivity index is 2.14. The van der Waals surface area contributed by atoms with Crippen LogP contribution in [0.25, 0.3) is 0 Å². The van der Waals surface area contributed by atoms with Crippen molar-refractivity contribution in [1.82, 2.24) is 10.3 Å². The van der Waals surface area contributed by atoms with Gasteiger partial charge in [-0.3, -0.25) is 0 Å². The highest BCUT2D eigenvalue weighted by Gasteiger charge is 2.21. The summed E-state index contributed by atoms with van der Waals surface area (Å²) in [5.41, 5.74) is 1.20. The van der Waals surface area contributed by atoms with Crippen molar-refractivity contribution in [3.05, 3.63) is 22.3 Å². The minimum Gasteiger partial charge on any atom is -0.353 e. The van der Waals surface area contributed by atoms with Crippen LogP contribution in [0.4, 0.5) is 5.82 Å². The van der Waals surface area contributed by atoms with Crippen LogP contribution in [0.15, 0.2) is 16.7 Å². The molecule has 106 valence electrons. The lowest BCUT2D eigenvalue weighted by Crippen LogP contribution is -2.40. The van der Waals surface area contributed by atoms with Crippen molar-refractivity contribution in [2.45, 2.75) is 39.7 Å². The van der Waals surface area contributed by atoms with E-state index in [1.807, 2.05) is 6.20 Å². The summed E-state index contributed by atoms with van der Waals surface area (Å²) in [4.78, 5) is 7.06. The standard InChI is InChI=1S/C15H24BrN3/c1-11(2)19(10-13-4-6-17-7-5-13)15-14(16)8-12(3)9-18-15/h8-9,11,13,17H,4-7,10H2,1-3H3. The van der Waals surface area contributed by atoms with Gasteiger partial charge in [-0.15, -0.1) is 0 Å². The average molecular weight is 326 g/mol. The average Bonchev–Trinajstić information content (AvgIpc) is 2.38. The molecule has 19 heavy (non-hydrogen) atoms. The smallest absolute Gasteiger partial charge is 0.143 e. The molecule has 4 heteroatoms. The number of hydrogen-bond acceptors (Lipinski definition) is 3. The van der Waals surface area contributed by atoms with E-state index in [9.17, 15) is 0 Å². The molecule has 0 unspecified atom stereocenters. The fourth-order valence-electron chi connectivity index (χ4n) is 2.62. The maximum atomic E-state index is 4.63. The fraction of sp³-hybridized carbons (Fsp3) is 0.667. The van der Waals surface area contributed by atoms with Crippen molar-refractivity contribution >= 4 is 21.7 Å². The molecule has 0 radical (unpaired) electrons. The van der Waals surface area contributed by atoms with Crippen LogP contribution in [0.3, 0.4) is 0 Å². The van der Waals surface area contributed by atoms with Gasteiger partial charge in [-0.25, -0.2) is 4.98 Å². The minimum absolute atomic E-state index is 0.474. The Labute approximate surface area is 124 Å². The molecule has 1 fully saturated rings. The first-order valence-electron chi connectivity index (χ1n) is 7.17. The van der Waals surface area contributed by atoms with Gasteiger partial charge in [0.1, 0.15) is 5.82 Å². The molecule has 2 heterocycles. The van der Waals surface area contributed by atoms with E-state index in [0.29, 0.717) is 6.04 Å². The van der Waals surface area contributed by atoms with E-state index in [2.05, 4.69) is 58.0 Å². The van der Waals surface area contributed by atoms with Gasteiger partial charge in [-0.05, 0) is 80.2 Å². The Morgan fingerprint density at radius 2 is 2.11 bits per heavy atom. The molecule has 2 rings (SSSR count).